The molecule has 0 atom stereocenters. The molecule has 1 amide bonds. The summed E-state index contributed by atoms with van der Waals surface area (Å²) in [5, 5.41) is 12.7. The molecule has 0 radical (unpaired) electrons. The summed E-state index contributed by atoms with van der Waals surface area (Å²) in [4.78, 5) is 13.0. The van der Waals surface area contributed by atoms with Crippen molar-refractivity contribution in [2.45, 2.75) is 18.4 Å². The highest BCUT2D eigenvalue weighted by Crippen LogP contribution is 2.21. The first kappa shape index (κ1) is 15.9. The second kappa shape index (κ2) is 7.50. The van der Waals surface area contributed by atoms with Gasteiger partial charge in [-0.2, -0.15) is 0 Å². The number of nitrogens with one attached hydrogen (secondary N) is 1. The monoisotopic (exact) mass is 321 g/mol. The molecule has 0 spiro atoms. The van der Waals surface area contributed by atoms with E-state index in [0.29, 0.717) is 10.8 Å². The van der Waals surface area contributed by atoms with Gasteiger partial charge in [-0.05, 0) is 48.4 Å². The number of carbonyl (C=O) groups is 1. The van der Waals surface area contributed by atoms with E-state index in [2.05, 4.69) is 5.32 Å². The summed E-state index contributed by atoms with van der Waals surface area (Å²) in [7, 11) is 0. The van der Waals surface area contributed by atoms with Gasteiger partial charge >= 0.3 is 0 Å². The van der Waals surface area contributed by atoms with E-state index in [1.54, 1.807) is 18.2 Å². The number of aliphatic hydroxyl groups excluding tert-OH is 1. The van der Waals surface area contributed by atoms with Gasteiger partial charge in [-0.15, -0.1) is 11.8 Å². The highest BCUT2D eigenvalue weighted by atomic mass is 35.5. The molecule has 0 saturated heterocycles. The molecule has 110 valence electrons. The Hall–Kier alpha value is -1.49. The third kappa shape index (κ3) is 4.77. The lowest BCUT2D eigenvalue weighted by molar-refractivity contribution is -0.113. The van der Waals surface area contributed by atoms with Crippen LogP contribution in [0.5, 0.6) is 0 Å². The summed E-state index contributed by atoms with van der Waals surface area (Å²) in [5.74, 6) is 0.248. The van der Waals surface area contributed by atoms with Crippen molar-refractivity contribution in [3.8, 4) is 0 Å². The summed E-state index contributed by atoms with van der Waals surface area (Å²) in [6.45, 7) is 1.88. The lowest BCUT2D eigenvalue weighted by atomic mass is 10.1. The molecule has 0 saturated carbocycles. The second-order valence-corrected chi connectivity index (χ2v) is 6.08. The Labute approximate surface area is 133 Å². The van der Waals surface area contributed by atoms with Gasteiger partial charge in [0.2, 0.25) is 5.91 Å². The van der Waals surface area contributed by atoms with Crippen molar-refractivity contribution in [3.63, 3.8) is 0 Å². The third-order valence-electron chi connectivity index (χ3n) is 2.94. The zero-order valence-corrected chi connectivity index (χ0v) is 13.2. The number of thioether (sulfide) groups is 1. The molecule has 21 heavy (non-hydrogen) atoms. The van der Waals surface area contributed by atoms with Crippen molar-refractivity contribution in [1.82, 2.24) is 0 Å². The van der Waals surface area contributed by atoms with Gasteiger partial charge in [0.05, 0.1) is 12.4 Å². The molecular weight excluding hydrogens is 306 g/mol. The van der Waals surface area contributed by atoms with E-state index >= 15 is 0 Å². The first-order valence-corrected chi connectivity index (χ1v) is 7.83. The first-order valence-electron chi connectivity index (χ1n) is 6.47. The maximum atomic E-state index is 12.0. The smallest absolute Gasteiger partial charge is 0.234 e. The molecule has 2 rings (SSSR count). The van der Waals surface area contributed by atoms with E-state index in [-0.39, 0.29) is 12.5 Å². The minimum atomic E-state index is -0.0758. The van der Waals surface area contributed by atoms with Crippen molar-refractivity contribution in [1.29, 1.82) is 0 Å². The normalized spacial score (nSPS) is 10.4. The van der Waals surface area contributed by atoms with Crippen LogP contribution in [0.3, 0.4) is 0 Å². The maximum absolute atomic E-state index is 12.0. The summed E-state index contributed by atoms with van der Waals surface area (Å²) in [6.07, 6.45) is 0. The first-order chi connectivity index (χ1) is 10.1. The highest BCUT2D eigenvalue weighted by molar-refractivity contribution is 8.00. The summed E-state index contributed by atoms with van der Waals surface area (Å²) in [5.41, 5.74) is 2.49. The Morgan fingerprint density at radius 1 is 1.24 bits per heavy atom. The van der Waals surface area contributed by atoms with Gasteiger partial charge in [0, 0.05) is 15.6 Å². The minimum absolute atomic E-state index is 0.0390. The lowest BCUT2D eigenvalue weighted by Crippen LogP contribution is -2.15. The number of rotatable bonds is 5. The van der Waals surface area contributed by atoms with Crippen LogP contribution in [-0.2, 0) is 11.4 Å². The van der Waals surface area contributed by atoms with Gasteiger partial charge in [0.15, 0.2) is 0 Å². The third-order valence-corrected chi connectivity index (χ3v) is 4.21. The second-order valence-electron chi connectivity index (χ2n) is 4.60. The van der Waals surface area contributed by atoms with Gasteiger partial charge in [0.25, 0.3) is 0 Å². The van der Waals surface area contributed by atoms with Crippen LogP contribution in [0.2, 0.25) is 5.02 Å². The molecule has 2 aromatic rings. The van der Waals surface area contributed by atoms with Crippen molar-refractivity contribution < 1.29 is 9.90 Å². The molecule has 0 aliphatic heterocycles. The van der Waals surface area contributed by atoms with Crippen molar-refractivity contribution in [2.24, 2.45) is 0 Å². The Kier molecular flexibility index (Phi) is 5.67. The fraction of sp³-hybridized carbons (Fsp3) is 0.188. The van der Waals surface area contributed by atoms with Gasteiger partial charge < -0.3 is 10.4 Å². The van der Waals surface area contributed by atoms with Crippen molar-refractivity contribution in [2.75, 3.05) is 11.1 Å². The van der Waals surface area contributed by atoms with Crippen LogP contribution in [0.15, 0.2) is 47.4 Å². The zero-order valence-electron chi connectivity index (χ0n) is 11.6. The molecule has 0 heterocycles. The minimum Gasteiger partial charge on any atom is -0.392 e. The van der Waals surface area contributed by atoms with E-state index in [4.69, 9.17) is 16.7 Å². The number of amides is 1. The molecule has 0 bridgehead atoms. The van der Waals surface area contributed by atoms with Gasteiger partial charge in [-0.25, -0.2) is 0 Å². The van der Waals surface area contributed by atoms with Gasteiger partial charge in [-0.1, -0.05) is 23.7 Å². The average Bonchev–Trinajstić information content (AvgIpc) is 2.49. The predicted octanol–water partition coefficient (Wildman–Crippen LogP) is 3.87. The van der Waals surface area contributed by atoms with Crippen molar-refractivity contribution >= 4 is 35.0 Å². The summed E-state index contributed by atoms with van der Waals surface area (Å²) < 4.78 is 0. The average molecular weight is 322 g/mol. The number of aryl methyl sites for hydroxylation is 1. The number of anilines is 1. The molecule has 0 fully saturated rings. The zero-order chi connectivity index (χ0) is 15.2. The summed E-state index contributed by atoms with van der Waals surface area (Å²) in [6, 6.07) is 12.9. The molecule has 5 heteroatoms. The van der Waals surface area contributed by atoms with E-state index < -0.39 is 0 Å². The molecule has 3 nitrogen and oxygen atoms in total. The van der Waals surface area contributed by atoms with E-state index in [1.807, 2.05) is 31.2 Å². The van der Waals surface area contributed by atoms with Crippen molar-refractivity contribution in [3.05, 3.63) is 58.6 Å². The lowest BCUT2D eigenvalue weighted by Gasteiger charge is -2.10. The fourth-order valence-corrected chi connectivity index (χ4v) is 2.59. The Balaban J connectivity index is 1.94. The van der Waals surface area contributed by atoms with Crippen LogP contribution in [-0.4, -0.2) is 16.8 Å². The fourth-order valence-electron chi connectivity index (χ4n) is 1.77. The standard InChI is InChI=1S/C16H16ClNO2S/c1-11-2-3-12(9-19)8-15(11)18-16(20)10-21-14-6-4-13(17)5-7-14/h2-8,19H,9-10H2,1H3,(H,18,20). The molecule has 0 unspecified atom stereocenters. The molecule has 0 aliphatic rings. The number of benzene rings is 2. The maximum Gasteiger partial charge on any atom is 0.234 e. The quantitative estimate of drug-likeness (QED) is 0.822. The number of hydrogen-bond donors (Lipinski definition) is 2. The summed E-state index contributed by atoms with van der Waals surface area (Å²) >= 11 is 7.27. The largest absolute Gasteiger partial charge is 0.392 e. The highest BCUT2D eigenvalue weighted by Gasteiger charge is 2.06. The van der Waals surface area contributed by atoms with Crippen LogP contribution in [0.25, 0.3) is 0 Å². The number of hydrogen-bond acceptors (Lipinski definition) is 3. The molecule has 2 aromatic carbocycles. The van der Waals surface area contributed by atoms with Crippen LogP contribution in [0, 0.1) is 6.92 Å². The molecule has 0 aliphatic carbocycles. The topological polar surface area (TPSA) is 49.3 Å². The molecular formula is C16H16ClNO2S. The van der Waals surface area contributed by atoms with Gasteiger partial charge in [-0.3, -0.25) is 4.79 Å². The SMILES string of the molecule is Cc1ccc(CO)cc1NC(=O)CSc1ccc(Cl)cc1. The Morgan fingerprint density at radius 3 is 2.62 bits per heavy atom. The Bertz CT molecular complexity index is 629. The van der Waals surface area contributed by atoms with E-state index in [9.17, 15) is 4.79 Å². The van der Waals surface area contributed by atoms with Crippen LogP contribution >= 0.6 is 23.4 Å². The molecule has 2 N–H and O–H groups in total. The van der Waals surface area contributed by atoms with Crippen LogP contribution in [0.1, 0.15) is 11.1 Å². The van der Waals surface area contributed by atoms with E-state index in [1.165, 1.54) is 11.8 Å². The Morgan fingerprint density at radius 2 is 1.95 bits per heavy atom. The van der Waals surface area contributed by atoms with Crippen LogP contribution in [0.4, 0.5) is 5.69 Å². The van der Waals surface area contributed by atoms with E-state index in [0.717, 1.165) is 21.7 Å². The number of aliphatic hydroxyl groups is 1. The number of halogens is 1. The number of carbonyl (C=O) groups excluding carboxylic acids is 1. The van der Waals surface area contributed by atoms with Crippen LogP contribution < -0.4 is 5.32 Å². The van der Waals surface area contributed by atoms with Gasteiger partial charge in [0.1, 0.15) is 0 Å². The molecule has 0 aromatic heterocycles. The predicted molar refractivity (Wildman–Crippen MR) is 87.9 cm³/mol.